The number of aryl methyl sites for hydroxylation is 2. The molecule has 0 atom stereocenters. The lowest BCUT2D eigenvalue weighted by molar-refractivity contribution is 0.0600. The molecule has 0 aliphatic carbocycles. The fourth-order valence-electron chi connectivity index (χ4n) is 2.03. The van der Waals surface area contributed by atoms with Gasteiger partial charge in [-0.05, 0) is 52.5 Å². The Kier molecular flexibility index (Phi) is 5.38. The van der Waals surface area contributed by atoms with Gasteiger partial charge in [-0.25, -0.2) is 9.78 Å². The van der Waals surface area contributed by atoms with E-state index in [1.165, 1.54) is 13.2 Å². The topological polar surface area (TPSA) is 68.7 Å². The van der Waals surface area contributed by atoms with Crippen LogP contribution in [0.1, 0.15) is 21.6 Å². The number of aromatic nitrogens is 1. The molecule has 22 heavy (non-hydrogen) atoms. The number of pyridine rings is 1. The van der Waals surface area contributed by atoms with Crippen LogP contribution in [0.5, 0.6) is 11.6 Å². The van der Waals surface area contributed by atoms with Crippen molar-refractivity contribution in [2.75, 3.05) is 14.2 Å². The Morgan fingerprint density at radius 2 is 2.00 bits per heavy atom. The Morgan fingerprint density at radius 3 is 2.64 bits per heavy atom. The normalized spacial score (nSPS) is 10.3. The first-order valence-corrected chi connectivity index (χ1v) is 7.44. The van der Waals surface area contributed by atoms with Crippen LogP contribution in [-0.4, -0.2) is 30.3 Å². The minimum Gasteiger partial charge on any atom is -0.508 e. The summed E-state index contributed by atoms with van der Waals surface area (Å²) in [4.78, 5) is 15.8. The van der Waals surface area contributed by atoms with Gasteiger partial charge in [-0.15, -0.1) is 0 Å². The van der Waals surface area contributed by atoms with E-state index in [0.717, 1.165) is 15.7 Å². The van der Waals surface area contributed by atoms with Gasteiger partial charge in [0, 0.05) is 10.5 Å². The second kappa shape index (κ2) is 7.26. The molecule has 0 radical (unpaired) electrons. The summed E-state index contributed by atoms with van der Waals surface area (Å²) in [5.41, 5.74) is 1.91. The third-order valence-electron chi connectivity index (χ3n) is 3.24. The van der Waals surface area contributed by atoms with Crippen molar-refractivity contribution in [1.29, 1.82) is 0 Å². The SMILES string of the molecule is COC(=O)c1ccc(CCc2nc(OC)ccc2Br)c(O)c1. The van der Waals surface area contributed by atoms with E-state index in [9.17, 15) is 9.90 Å². The number of halogens is 1. The number of carbonyl (C=O) groups is 1. The van der Waals surface area contributed by atoms with Gasteiger partial charge in [-0.3, -0.25) is 0 Å². The second-order valence-electron chi connectivity index (χ2n) is 4.62. The molecule has 0 bridgehead atoms. The summed E-state index contributed by atoms with van der Waals surface area (Å²) in [6.45, 7) is 0. The van der Waals surface area contributed by atoms with Crippen LogP contribution in [0.4, 0.5) is 0 Å². The molecule has 116 valence electrons. The monoisotopic (exact) mass is 365 g/mol. The van der Waals surface area contributed by atoms with Crippen LogP contribution in [0.15, 0.2) is 34.8 Å². The second-order valence-corrected chi connectivity index (χ2v) is 5.47. The molecule has 1 N–H and O–H groups in total. The summed E-state index contributed by atoms with van der Waals surface area (Å²) in [6, 6.07) is 8.41. The zero-order chi connectivity index (χ0) is 16.1. The van der Waals surface area contributed by atoms with Crippen LogP contribution in [0, 0.1) is 0 Å². The van der Waals surface area contributed by atoms with Gasteiger partial charge >= 0.3 is 5.97 Å². The van der Waals surface area contributed by atoms with Gasteiger partial charge in [0.1, 0.15) is 5.75 Å². The number of carbonyl (C=O) groups excluding carboxylic acids is 1. The van der Waals surface area contributed by atoms with Gasteiger partial charge < -0.3 is 14.6 Å². The molecule has 2 aromatic rings. The van der Waals surface area contributed by atoms with Crippen LogP contribution in [0.3, 0.4) is 0 Å². The van der Waals surface area contributed by atoms with E-state index in [2.05, 4.69) is 25.7 Å². The summed E-state index contributed by atoms with van der Waals surface area (Å²) in [5, 5.41) is 10.0. The van der Waals surface area contributed by atoms with Gasteiger partial charge in [-0.2, -0.15) is 0 Å². The number of nitrogens with zero attached hydrogens (tertiary/aromatic N) is 1. The predicted molar refractivity (Wildman–Crippen MR) is 85.3 cm³/mol. The lowest BCUT2D eigenvalue weighted by Gasteiger charge is -2.08. The zero-order valence-corrected chi connectivity index (χ0v) is 13.9. The molecular formula is C16H16BrNO4. The molecule has 0 saturated heterocycles. The summed E-state index contributed by atoms with van der Waals surface area (Å²) in [5.74, 6) is 0.143. The van der Waals surface area contributed by atoms with E-state index >= 15 is 0 Å². The molecular weight excluding hydrogens is 350 g/mol. The predicted octanol–water partition coefficient (Wildman–Crippen LogP) is 3.13. The van der Waals surface area contributed by atoms with Gasteiger partial charge in [0.2, 0.25) is 5.88 Å². The Bertz CT molecular complexity index is 688. The average molecular weight is 366 g/mol. The first-order chi connectivity index (χ1) is 10.5. The number of phenolic OH excluding ortho intramolecular Hbond substituents is 1. The number of rotatable bonds is 5. The largest absolute Gasteiger partial charge is 0.508 e. The highest BCUT2D eigenvalue weighted by Gasteiger charge is 2.11. The summed E-state index contributed by atoms with van der Waals surface area (Å²) in [6.07, 6.45) is 1.22. The van der Waals surface area contributed by atoms with Crippen molar-refractivity contribution in [1.82, 2.24) is 4.98 Å². The van der Waals surface area contributed by atoms with Crippen molar-refractivity contribution in [2.45, 2.75) is 12.8 Å². The third-order valence-corrected chi connectivity index (χ3v) is 3.96. The quantitative estimate of drug-likeness (QED) is 0.824. The van der Waals surface area contributed by atoms with Crippen molar-refractivity contribution in [2.24, 2.45) is 0 Å². The maximum atomic E-state index is 11.4. The van der Waals surface area contributed by atoms with Crippen molar-refractivity contribution in [3.63, 3.8) is 0 Å². The lowest BCUT2D eigenvalue weighted by Crippen LogP contribution is -2.02. The smallest absolute Gasteiger partial charge is 0.337 e. The minimum absolute atomic E-state index is 0.0712. The summed E-state index contributed by atoms with van der Waals surface area (Å²) < 4.78 is 10.6. The molecule has 1 aromatic heterocycles. The van der Waals surface area contributed by atoms with Crippen molar-refractivity contribution in [3.8, 4) is 11.6 Å². The molecule has 5 nitrogen and oxygen atoms in total. The maximum Gasteiger partial charge on any atom is 0.337 e. The Balaban J connectivity index is 2.13. The molecule has 0 spiro atoms. The first kappa shape index (κ1) is 16.3. The highest BCUT2D eigenvalue weighted by Crippen LogP contribution is 2.24. The number of benzene rings is 1. The molecule has 0 unspecified atom stereocenters. The maximum absolute atomic E-state index is 11.4. The number of phenols is 1. The number of methoxy groups -OCH3 is 2. The van der Waals surface area contributed by atoms with Gasteiger partial charge in [-0.1, -0.05) is 6.07 Å². The van der Waals surface area contributed by atoms with Crippen LogP contribution in [0.25, 0.3) is 0 Å². The summed E-state index contributed by atoms with van der Waals surface area (Å²) >= 11 is 3.45. The lowest BCUT2D eigenvalue weighted by atomic mass is 10.0. The highest BCUT2D eigenvalue weighted by atomic mass is 79.9. The molecule has 0 saturated carbocycles. The average Bonchev–Trinajstić information content (AvgIpc) is 2.54. The molecule has 0 amide bonds. The third kappa shape index (κ3) is 3.76. The van der Waals surface area contributed by atoms with Crippen molar-refractivity contribution in [3.05, 3.63) is 51.6 Å². The molecule has 0 aliphatic heterocycles. The van der Waals surface area contributed by atoms with E-state index in [1.807, 2.05) is 6.07 Å². The van der Waals surface area contributed by atoms with Crippen LogP contribution in [-0.2, 0) is 17.6 Å². The molecule has 1 aromatic carbocycles. The number of hydrogen-bond acceptors (Lipinski definition) is 5. The van der Waals surface area contributed by atoms with E-state index in [1.54, 1.807) is 25.3 Å². The van der Waals surface area contributed by atoms with E-state index < -0.39 is 5.97 Å². The zero-order valence-electron chi connectivity index (χ0n) is 12.3. The number of hydrogen-bond donors (Lipinski definition) is 1. The van der Waals surface area contributed by atoms with Crippen LogP contribution in [0.2, 0.25) is 0 Å². The van der Waals surface area contributed by atoms with Crippen LogP contribution >= 0.6 is 15.9 Å². The standard InChI is InChI=1S/C16H16BrNO4/c1-21-15-8-6-12(17)13(18-15)7-5-10-3-4-11(9-14(10)19)16(20)22-2/h3-4,6,8-9,19H,5,7H2,1-2H3. The fraction of sp³-hybridized carbons (Fsp3) is 0.250. The van der Waals surface area contributed by atoms with Gasteiger partial charge in [0.25, 0.3) is 0 Å². The Labute approximate surface area is 137 Å². The van der Waals surface area contributed by atoms with E-state index in [4.69, 9.17) is 4.74 Å². The number of ether oxygens (including phenoxy) is 2. The molecule has 0 aliphatic rings. The Morgan fingerprint density at radius 1 is 1.23 bits per heavy atom. The highest BCUT2D eigenvalue weighted by molar-refractivity contribution is 9.10. The van der Waals surface area contributed by atoms with Gasteiger partial charge in [0.05, 0.1) is 25.5 Å². The first-order valence-electron chi connectivity index (χ1n) is 6.64. The number of esters is 1. The Hall–Kier alpha value is -2.08. The van der Waals surface area contributed by atoms with E-state index in [-0.39, 0.29) is 5.75 Å². The molecule has 0 fully saturated rings. The molecule has 6 heteroatoms. The summed E-state index contributed by atoms with van der Waals surface area (Å²) in [7, 11) is 2.87. The minimum atomic E-state index is -0.473. The van der Waals surface area contributed by atoms with Crippen molar-refractivity contribution >= 4 is 21.9 Å². The molecule has 2 rings (SSSR count). The van der Waals surface area contributed by atoms with Crippen molar-refractivity contribution < 1.29 is 19.4 Å². The molecule has 1 heterocycles. The van der Waals surface area contributed by atoms with E-state index in [0.29, 0.717) is 24.3 Å². The van der Waals surface area contributed by atoms with Crippen LogP contribution < -0.4 is 4.74 Å². The fourth-order valence-corrected chi connectivity index (χ4v) is 2.45. The number of aromatic hydroxyl groups is 1. The van der Waals surface area contributed by atoms with Gasteiger partial charge in [0.15, 0.2) is 0 Å².